The summed E-state index contributed by atoms with van der Waals surface area (Å²) in [6.07, 6.45) is 2.02. The minimum absolute atomic E-state index is 0.351. The van der Waals surface area contributed by atoms with Gasteiger partial charge in [0.15, 0.2) is 0 Å². The highest BCUT2D eigenvalue weighted by molar-refractivity contribution is 5.42. The number of aliphatic hydroxyl groups is 1. The van der Waals surface area contributed by atoms with Gasteiger partial charge in [-0.2, -0.15) is 5.26 Å². The van der Waals surface area contributed by atoms with E-state index in [1.54, 1.807) is 18.3 Å². The molecular weight excluding hydrogens is 202 g/mol. The average Bonchev–Trinajstić information content (AvgIpc) is 2.26. The molecule has 1 rings (SSSR count). The van der Waals surface area contributed by atoms with Crippen LogP contribution >= 0.6 is 0 Å². The molecular formula is C12H17N3O. The van der Waals surface area contributed by atoms with Crippen molar-refractivity contribution >= 4 is 5.69 Å². The van der Waals surface area contributed by atoms with E-state index in [1.807, 2.05) is 6.07 Å². The lowest BCUT2D eigenvalue weighted by Gasteiger charge is -2.14. The molecule has 2 N–H and O–H groups in total. The van der Waals surface area contributed by atoms with Crippen LogP contribution in [0.5, 0.6) is 0 Å². The van der Waals surface area contributed by atoms with E-state index in [2.05, 4.69) is 24.1 Å². The molecule has 0 fully saturated rings. The Labute approximate surface area is 95.9 Å². The molecule has 86 valence electrons. The van der Waals surface area contributed by atoms with E-state index in [0.29, 0.717) is 18.2 Å². The van der Waals surface area contributed by atoms with Crippen molar-refractivity contribution in [1.82, 2.24) is 4.98 Å². The molecule has 0 amide bonds. The van der Waals surface area contributed by atoms with Crippen molar-refractivity contribution in [2.45, 2.75) is 26.4 Å². The summed E-state index contributed by atoms with van der Waals surface area (Å²) < 4.78 is 0. The minimum Gasteiger partial charge on any atom is -0.391 e. The summed E-state index contributed by atoms with van der Waals surface area (Å²) in [4.78, 5) is 3.93. The quantitative estimate of drug-likeness (QED) is 0.792. The normalized spacial score (nSPS) is 12.2. The van der Waals surface area contributed by atoms with Gasteiger partial charge >= 0.3 is 0 Å². The topological polar surface area (TPSA) is 68.9 Å². The third-order valence-electron chi connectivity index (χ3n) is 2.16. The number of hydrogen-bond donors (Lipinski definition) is 2. The van der Waals surface area contributed by atoms with Crippen LogP contribution in [0.1, 0.15) is 26.0 Å². The maximum Gasteiger partial charge on any atom is 0.140 e. The van der Waals surface area contributed by atoms with Crippen LogP contribution in [0.2, 0.25) is 0 Å². The number of nitrogens with one attached hydrogen (secondary N) is 1. The first kappa shape index (κ1) is 12.5. The maximum atomic E-state index is 9.65. The van der Waals surface area contributed by atoms with Gasteiger partial charge in [0.2, 0.25) is 0 Å². The Morgan fingerprint density at radius 1 is 1.50 bits per heavy atom. The van der Waals surface area contributed by atoms with E-state index in [0.717, 1.165) is 12.1 Å². The molecule has 4 heteroatoms. The van der Waals surface area contributed by atoms with Gasteiger partial charge in [0, 0.05) is 6.54 Å². The fourth-order valence-corrected chi connectivity index (χ4v) is 1.43. The lowest BCUT2D eigenvalue weighted by atomic mass is 10.1. The van der Waals surface area contributed by atoms with Crippen LogP contribution in [0.4, 0.5) is 5.69 Å². The van der Waals surface area contributed by atoms with Crippen molar-refractivity contribution in [1.29, 1.82) is 5.26 Å². The third-order valence-corrected chi connectivity index (χ3v) is 2.16. The van der Waals surface area contributed by atoms with E-state index in [9.17, 15) is 5.11 Å². The molecule has 16 heavy (non-hydrogen) atoms. The first-order chi connectivity index (χ1) is 7.61. The number of pyridine rings is 1. The molecule has 0 aromatic carbocycles. The van der Waals surface area contributed by atoms with E-state index >= 15 is 0 Å². The zero-order valence-electron chi connectivity index (χ0n) is 9.64. The second-order valence-electron chi connectivity index (χ2n) is 4.21. The van der Waals surface area contributed by atoms with Crippen LogP contribution in [0.25, 0.3) is 0 Å². The number of anilines is 1. The molecule has 0 aliphatic carbocycles. The van der Waals surface area contributed by atoms with Gasteiger partial charge in [-0.15, -0.1) is 0 Å². The number of nitriles is 1. The molecule has 0 aliphatic heterocycles. The number of aromatic nitrogens is 1. The molecule has 4 nitrogen and oxygen atoms in total. The lowest BCUT2D eigenvalue weighted by Crippen LogP contribution is -2.21. The largest absolute Gasteiger partial charge is 0.391 e. The van der Waals surface area contributed by atoms with Crippen LogP contribution in [0.3, 0.4) is 0 Å². The van der Waals surface area contributed by atoms with Crippen LogP contribution in [-0.2, 0) is 0 Å². The Kier molecular flexibility index (Phi) is 4.74. The van der Waals surface area contributed by atoms with E-state index < -0.39 is 0 Å². The highest BCUT2D eigenvalue weighted by Gasteiger charge is 2.06. The first-order valence-electron chi connectivity index (χ1n) is 5.40. The Hall–Kier alpha value is -1.60. The number of nitrogens with zero attached hydrogens (tertiary/aromatic N) is 2. The predicted octanol–water partition coefficient (Wildman–Crippen LogP) is 1.77. The number of rotatable bonds is 5. The van der Waals surface area contributed by atoms with Crippen LogP contribution < -0.4 is 5.32 Å². The molecule has 0 radical (unpaired) electrons. The van der Waals surface area contributed by atoms with Crippen molar-refractivity contribution in [2.24, 2.45) is 5.92 Å². The van der Waals surface area contributed by atoms with Gasteiger partial charge in [0.05, 0.1) is 18.0 Å². The number of hydrogen-bond acceptors (Lipinski definition) is 4. The van der Waals surface area contributed by atoms with Gasteiger partial charge in [-0.3, -0.25) is 0 Å². The first-order valence-corrected chi connectivity index (χ1v) is 5.40. The van der Waals surface area contributed by atoms with Crippen molar-refractivity contribution in [3.8, 4) is 6.07 Å². The molecule has 1 atom stereocenters. The fourth-order valence-electron chi connectivity index (χ4n) is 1.43. The lowest BCUT2D eigenvalue weighted by molar-refractivity contribution is 0.161. The van der Waals surface area contributed by atoms with Crippen molar-refractivity contribution in [3.63, 3.8) is 0 Å². The molecule has 1 aromatic heterocycles. The summed E-state index contributed by atoms with van der Waals surface area (Å²) in [6.45, 7) is 4.66. The van der Waals surface area contributed by atoms with Gasteiger partial charge in [-0.1, -0.05) is 13.8 Å². The van der Waals surface area contributed by atoms with Gasteiger partial charge in [-0.05, 0) is 24.5 Å². The molecule has 0 spiro atoms. The Bertz CT molecular complexity index is 354. The molecule has 0 bridgehead atoms. The predicted molar refractivity (Wildman–Crippen MR) is 62.9 cm³/mol. The highest BCUT2D eigenvalue weighted by Crippen LogP contribution is 2.08. The summed E-state index contributed by atoms with van der Waals surface area (Å²) in [5, 5.41) is 21.3. The Morgan fingerprint density at radius 3 is 2.75 bits per heavy atom. The SMILES string of the molecule is CC(C)CC(O)CNc1ccc(C#N)nc1. The summed E-state index contributed by atoms with van der Waals surface area (Å²) in [5.41, 5.74) is 1.22. The summed E-state index contributed by atoms with van der Waals surface area (Å²) >= 11 is 0. The van der Waals surface area contributed by atoms with Crippen molar-refractivity contribution in [3.05, 3.63) is 24.0 Å². The summed E-state index contributed by atoms with van der Waals surface area (Å²) in [7, 11) is 0. The van der Waals surface area contributed by atoms with Crippen LogP contribution in [0, 0.1) is 17.2 Å². The smallest absolute Gasteiger partial charge is 0.140 e. The molecule has 0 saturated heterocycles. The molecule has 1 heterocycles. The van der Waals surface area contributed by atoms with E-state index in [4.69, 9.17) is 5.26 Å². The van der Waals surface area contributed by atoms with Gasteiger partial charge in [0.1, 0.15) is 11.8 Å². The fraction of sp³-hybridized carbons (Fsp3) is 0.500. The van der Waals surface area contributed by atoms with Crippen molar-refractivity contribution in [2.75, 3.05) is 11.9 Å². The van der Waals surface area contributed by atoms with Crippen LogP contribution in [-0.4, -0.2) is 22.7 Å². The standard InChI is InChI=1S/C12H17N3O/c1-9(2)5-12(16)8-15-11-4-3-10(6-13)14-7-11/h3-4,7,9,12,15-16H,5,8H2,1-2H3. The van der Waals surface area contributed by atoms with Gasteiger partial charge in [-0.25, -0.2) is 4.98 Å². The molecule has 0 aliphatic rings. The zero-order valence-corrected chi connectivity index (χ0v) is 9.64. The van der Waals surface area contributed by atoms with Crippen molar-refractivity contribution < 1.29 is 5.11 Å². The maximum absolute atomic E-state index is 9.65. The second kappa shape index (κ2) is 6.09. The van der Waals surface area contributed by atoms with Gasteiger partial charge < -0.3 is 10.4 Å². The Balaban J connectivity index is 2.40. The minimum atomic E-state index is -0.351. The Morgan fingerprint density at radius 2 is 2.25 bits per heavy atom. The average molecular weight is 219 g/mol. The van der Waals surface area contributed by atoms with Gasteiger partial charge in [0.25, 0.3) is 0 Å². The second-order valence-corrected chi connectivity index (χ2v) is 4.21. The molecule has 1 aromatic rings. The number of aliphatic hydroxyl groups excluding tert-OH is 1. The summed E-state index contributed by atoms with van der Waals surface area (Å²) in [5.74, 6) is 0.482. The molecule has 1 unspecified atom stereocenters. The highest BCUT2D eigenvalue weighted by atomic mass is 16.3. The monoisotopic (exact) mass is 219 g/mol. The zero-order chi connectivity index (χ0) is 12.0. The van der Waals surface area contributed by atoms with Crippen LogP contribution in [0.15, 0.2) is 18.3 Å². The molecule has 0 saturated carbocycles. The van der Waals surface area contributed by atoms with E-state index in [1.165, 1.54) is 0 Å². The summed E-state index contributed by atoms with van der Waals surface area (Å²) in [6, 6.07) is 5.39. The third kappa shape index (κ3) is 4.28. The van der Waals surface area contributed by atoms with E-state index in [-0.39, 0.29) is 6.10 Å².